The molecule has 8 heteroatoms. The van der Waals surface area contributed by atoms with E-state index in [-0.39, 0.29) is 19.3 Å². The molecule has 0 aliphatic carbocycles. The molecule has 0 amide bonds. The number of carbonyl (C=O) groups is 3. The Morgan fingerprint density at radius 3 is 1.80 bits per heavy atom. The van der Waals surface area contributed by atoms with Crippen LogP contribution in [0.5, 0.6) is 0 Å². The Kier molecular flexibility index (Phi) is 7.40. The van der Waals surface area contributed by atoms with Crippen LogP contribution < -0.4 is 0 Å². The predicted octanol–water partition coefficient (Wildman–Crippen LogP) is -0.366. The summed E-state index contributed by atoms with van der Waals surface area (Å²) in [4.78, 5) is 37.0. The third-order valence-electron chi connectivity index (χ3n) is 4.54. The molecular formula is C17H28O8. The topological polar surface area (TPSA) is 141 Å². The summed E-state index contributed by atoms with van der Waals surface area (Å²) in [5, 5.41) is 42.1. The highest BCUT2D eigenvalue weighted by Crippen LogP contribution is 2.43. The molecule has 4 N–H and O–H groups in total. The maximum Gasteiger partial charge on any atom is 0.212 e. The molecule has 144 valence electrons. The van der Waals surface area contributed by atoms with Crippen molar-refractivity contribution in [2.45, 2.75) is 89.0 Å². The van der Waals surface area contributed by atoms with Gasteiger partial charge in [-0.3, -0.25) is 14.4 Å². The fraction of sp³-hybridized carbons (Fsp3) is 0.824. The van der Waals surface area contributed by atoms with Crippen molar-refractivity contribution in [1.82, 2.24) is 0 Å². The Bertz CT molecular complexity index is 519. The minimum atomic E-state index is -2.94. The highest BCUT2D eigenvalue weighted by Gasteiger charge is 2.73. The molecule has 25 heavy (non-hydrogen) atoms. The highest BCUT2D eigenvalue weighted by molar-refractivity contribution is 6.01. The summed E-state index contributed by atoms with van der Waals surface area (Å²) in [6, 6.07) is 0. The van der Waals surface area contributed by atoms with Gasteiger partial charge in [0.15, 0.2) is 29.2 Å². The van der Waals surface area contributed by atoms with E-state index in [4.69, 9.17) is 4.74 Å². The third-order valence-corrected chi connectivity index (χ3v) is 4.54. The largest absolute Gasteiger partial charge is 0.382 e. The summed E-state index contributed by atoms with van der Waals surface area (Å²) < 4.78 is 5.00. The second-order valence-corrected chi connectivity index (χ2v) is 6.45. The van der Waals surface area contributed by atoms with E-state index in [0.717, 1.165) is 0 Å². The Morgan fingerprint density at radius 2 is 1.36 bits per heavy atom. The molecule has 1 aliphatic rings. The summed E-state index contributed by atoms with van der Waals surface area (Å²) in [6.07, 6.45) is -5.59. The molecule has 1 heterocycles. The molecule has 0 bridgehead atoms. The standard InChI is InChI=1S/C17H28O8/c1-4-7-10(18)13(21)14-16(23,11(19)8-5-2)17(24,15(22)25-14)12(20)9-6-3/h13-15,21-24H,4-9H2,1-3H3/t13?,14-,15-,16-,17+/m1/s1. The fourth-order valence-corrected chi connectivity index (χ4v) is 3.16. The van der Waals surface area contributed by atoms with E-state index in [1.54, 1.807) is 20.8 Å². The molecule has 0 saturated carbocycles. The summed E-state index contributed by atoms with van der Waals surface area (Å²) in [7, 11) is 0. The van der Waals surface area contributed by atoms with E-state index in [0.29, 0.717) is 19.3 Å². The van der Waals surface area contributed by atoms with Crippen LogP contribution in [-0.4, -0.2) is 67.5 Å². The Hall–Kier alpha value is -1.19. The average molecular weight is 360 g/mol. The molecule has 0 aromatic carbocycles. The number of ketones is 3. The molecule has 1 unspecified atom stereocenters. The lowest BCUT2D eigenvalue weighted by atomic mass is 9.71. The SMILES string of the molecule is CCCC(=O)C(O)[C@H]1O[C@@H](O)[C@@](O)(C(=O)CCC)[C@@]1(O)C(=O)CCC. The van der Waals surface area contributed by atoms with Crippen LogP contribution >= 0.6 is 0 Å². The van der Waals surface area contributed by atoms with Gasteiger partial charge in [-0.15, -0.1) is 0 Å². The normalized spacial score (nSPS) is 33.2. The molecule has 1 fully saturated rings. The van der Waals surface area contributed by atoms with Crippen LogP contribution in [0.4, 0.5) is 0 Å². The van der Waals surface area contributed by atoms with Gasteiger partial charge in [-0.25, -0.2) is 0 Å². The number of rotatable bonds is 10. The van der Waals surface area contributed by atoms with Crippen molar-refractivity contribution >= 4 is 17.3 Å². The van der Waals surface area contributed by atoms with E-state index in [2.05, 4.69) is 0 Å². The Balaban J connectivity index is 3.41. The average Bonchev–Trinajstić information content (AvgIpc) is 2.78. The van der Waals surface area contributed by atoms with E-state index in [1.165, 1.54) is 0 Å². The highest BCUT2D eigenvalue weighted by atomic mass is 16.7. The van der Waals surface area contributed by atoms with E-state index < -0.39 is 47.0 Å². The molecule has 0 aromatic rings. The lowest BCUT2D eigenvalue weighted by molar-refractivity contribution is -0.199. The van der Waals surface area contributed by atoms with Crippen LogP contribution in [0.1, 0.15) is 59.3 Å². The molecule has 0 aromatic heterocycles. The minimum absolute atomic E-state index is 0.0451. The predicted molar refractivity (Wildman–Crippen MR) is 86.5 cm³/mol. The van der Waals surface area contributed by atoms with E-state index >= 15 is 0 Å². The maximum atomic E-state index is 12.6. The number of aliphatic hydroxyl groups is 4. The van der Waals surface area contributed by atoms with Gasteiger partial charge >= 0.3 is 0 Å². The number of aliphatic hydroxyl groups excluding tert-OH is 2. The van der Waals surface area contributed by atoms with E-state index in [1.807, 2.05) is 0 Å². The number of hydrogen-bond acceptors (Lipinski definition) is 8. The first kappa shape index (κ1) is 21.9. The number of Topliss-reactive ketones (excluding diaryl/α,β-unsaturated/α-hetero) is 3. The summed E-state index contributed by atoms with van der Waals surface area (Å²) in [5.41, 5.74) is -5.84. The zero-order chi connectivity index (χ0) is 19.4. The van der Waals surface area contributed by atoms with Crippen molar-refractivity contribution in [1.29, 1.82) is 0 Å². The van der Waals surface area contributed by atoms with Crippen LogP contribution in [-0.2, 0) is 19.1 Å². The van der Waals surface area contributed by atoms with Gasteiger partial charge in [-0.2, -0.15) is 0 Å². The number of carbonyl (C=O) groups excluding carboxylic acids is 3. The molecule has 0 spiro atoms. The molecule has 1 aliphatic heterocycles. The van der Waals surface area contributed by atoms with Crippen molar-refractivity contribution in [2.24, 2.45) is 0 Å². The quantitative estimate of drug-likeness (QED) is 0.414. The number of hydrogen-bond donors (Lipinski definition) is 4. The van der Waals surface area contributed by atoms with Crippen LogP contribution in [0.15, 0.2) is 0 Å². The van der Waals surface area contributed by atoms with Gasteiger partial charge < -0.3 is 25.2 Å². The first-order chi connectivity index (χ1) is 11.6. The molecular weight excluding hydrogens is 332 g/mol. The van der Waals surface area contributed by atoms with Gasteiger partial charge in [0.25, 0.3) is 0 Å². The zero-order valence-electron chi connectivity index (χ0n) is 14.9. The lowest BCUT2D eigenvalue weighted by Gasteiger charge is -2.38. The van der Waals surface area contributed by atoms with Crippen molar-refractivity contribution in [2.75, 3.05) is 0 Å². The van der Waals surface area contributed by atoms with Crippen molar-refractivity contribution in [3.63, 3.8) is 0 Å². The van der Waals surface area contributed by atoms with Gasteiger partial charge in [0, 0.05) is 19.3 Å². The van der Waals surface area contributed by atoms with Gasteiger partial charge in [0.05, 0.1) is 0 Å². The first-order valence-electron chi connectivity index (χ1n) is 8.68. The fourth-order valence-electron chi connectivity index (χ4n) is 3.16. The summed E-state index contributed by atoms with van der Waals surface area (Å²) in [6.45, 7) is 4.99. The van der Waals surface area contributed by atoms with Crippen molar-refractivity contribution in [3.05, 3.63) is 0 Å². The minimum Gasteiger partial charge on any atom is -0.382 e. The molecule has 1 rings (SSSR count). The molecule has 1 saturated heterocycles. The van der Waals surface area contributed by atoms with Crippen LogP contribution in [0.2, 0.25) is 0 Å². The molecule has 0 radical (unpaired) electrons. The zero-order valence-corrected chi connectivity index (χ0v) is 14.9. The van der Waals surface area contributed by atoms with Gasteiger partial charge in [-0.1, -0.05) is 20.8 Å². The second-order valence-electron chi connectivity index (χ2n) is 6.45. The van der Waals surface area contributed by atoms with Crippen LogP contribution in [0.3, 0.4) is 0 Å². The smallest absolute Gasteiger partial charge is 0.212 e. The van der Waals surface area contributed by atoms with E-state index in [9.17, 15) is 34.8 Å². The van der Waals surface area contributed by atoms with Crippen LogP contribution in [0.25, 0.3) is 0 Å². The van der Waals surface area contributed by atoms with Crippen molar-refractivity contribution < 1.29 is 39.5 Å². The van der Waals surface area contributed by atoms with Gasteiger partial charge in [0.2, 0.25) is 5.60 Å². The Morgan fingerprint density at radius 1 is 0.920 bits per heavy atom. The lowest BCUT2D eigenvalue weighted by Crippen LogP contribution is -2.69. The monoisotopic (exact) mass is 360 g/mol. The maximum absolute atomic E-state index is 12.6. The van der Waals surface area contributed by atoms with Crippen LogP contribution in [0, 0.1) is 0 Å². The number of ether oxygens (including phenoxy) is 1. The summed E-state index contributed by atoms with van der Waals surface area (Å²) in [5.74, 6) is -2.66. The second kappa shape index (κ2) is 8.46. The van der Waals surface area contributed by atoms with Gasteiger partial charge in [-0.05, 0) is 19.3 Å². The molecule has 5 atom stereocenters. The third kappa shape index (κ3) is 3.54. The first-order valence-corrected chi connectivity index (χ1v) is 8.68. The van der Waals surface area contributed by atoms with Crippen molar-refractivity contribution in [3.8, 4) is 0 Å². The molecule has 8 nitrogen and oxygen atoms in total. The van der Waals surface area contributed by atoms with Gasteiger partial charge in [0.1, 0.15) is 12.2 Å². The summed E-state index contributed by atoms with van der Waals surface area (Å²) >= 11 is 0. The Labute approximate surface area is 146 Å².